The van der Waals surface area contributed by atoms with Crippen LogP contribution in [-0.4, -0.2) is 27.8 Å². The molecule has 0 saturated heterocycles. The van der Waals surface area contributed by atoms with Crippen LogP contribution in [0.15, 0.2) is 78.6 Å². The van der Waals surface area contributed by atoms with Crippen molar-refractivity contribution in [2.75, 3.05) is 12.4 Å². The molecule has 0 fully saturated rings. The molecule has 0 bridgehead atoms. The molecule has 4 aromatic rings. The normalized spacial score (nSPS) is 18.0. The molecule has 0 unspecified atom stereocenters. The van der Waals surface area contributed by atoms with Gasteiger partial charge in [-0.1, -0.05) is 48.0 Å². The van der Waals surface area contributed by atoms with Crippen molar-refractivity contribution in [1.82, 2.24) is 14.8 Å². The maximum atomic E-state index is 12.0. The van der Waals surface area contributed by atoms with Crippen molar-refractivity contribution >= 4 is 29.2 Å². The van der Waals surface area contributed by atoms with E-state index in [-0.39, 0.29) is 12.0 Å². The molecule has 3 aromatic carbocycles. The lowest BCUT2D eigenvalue weighted by atomic mass is 9.83. The molecule has 1 N–H and O–H groups in total. The zero-order valence-electron chi connectivity index (χ0n) is 19.0. The Balaban J connectivity index is 1.59. The third-order valence-corrected chi connectivity index (χ3v) is 6.73. The second-order valence-electron chi connectivity index (χ2n) is 8.49. The fraction of sp³-hybridized carbons (Fsp3) is 0.148. The van der Waals surface area contributed by atoms with E-state index >= 15 is 0 Å². The van der Waals surface area contributed by atoms with Gasteiger partial charge in [0.15, 0.2) is 0 Å². The highest BCUT2D eigenvalue weighted by Gasteiger charge is 2.41. The van der Waals surface area contributed by atoms with Gasteiger partial charge in [0.05, 0.1) is 18.4 Å². The molecule has 0 amide bonds. The van der Waals surface area contributed by atoms with Gasteiger partial charge < -0.3 is 14.8 Å². The zero-order valence-corrected chi connectivity index (χ0v) is 19.8. The predicted octanol–water partition coefficient (Wildman–Crippen LogP) is 5.59. The summed E-state index contributed by atoms with van der Waals surface area (Å²) in [6.07, 6.45) is 1.10. The number of halogens is 1. The van der Waals surface area contributed by atoms with Crippen LogP contribution in [-0.2, 0) is 4.74 Å². The Bertz CT molecular complexity index is 1490. The van der Waals surface area contributed by atoms with Crippen molar-refractivity contribution in [3.63, 3.8) is 0 Å². The fourth-order valence-electron chi connectivity index (χ4n) is 4.82. The molecule has 2 aliphatic rings. The van der Waals surface area contributed by atoms with E-state index in [9.17, 15) is 4.79 Å². The largest absolute Gasteiger partial charge is 0.480 e. The molecule has 8 heteroatoms. The van der Waals surface area contributed by atoms with E-state index in [2.05, 4.69) is 34.5 Å². The molecule has 35 heavy (non-hydrogen) atoms. The summed E-state index contributed by atoms with van der Waals surface area (Å²) in [7, 11) is 1.37. The molecule has 1 aromatic heterocycles. The van der Waals surface area contributed by atoms with Gasteiger partial charge in [-0.25, -0.2) is 9.48 Å². The molecule has 0 saturated carbocycles. The number of carbonyl (C=O) groups excluding carboxylic acids is 1. The van der Waals surface area contributed by atoms with Crippen LogP contribution in [0.5, 0.6) is 5.75 Å². The van der Waals surface area contributed by atoms with E-state index in [1.54, 1.807) is 18.5 Å². The van der Waals surface area contributed by atoms with Gasteiger partial charge in [0.25, 0.3) is 0 Å². The van der Waals surface area contributed by atoms with Crippen molar-refractivity contribution < 1.29 is 14.3 Å². The first kappa shape index (κ1) is 21.4. The van der Waals surface area contributed by atoms with Gasteiger partial charge in [-0.05, 0) is 53.9 Å². The third kappa shape index (κ3) is 3.47. The van der Waals surface area contributed by atoms with Crippen LogP contribution < -0.4 is 10.1 Å². The second-order valence-corrected chi connectivity index (χ2v) is 8.93. The van der Waals surface area contributed by atoms with Crippen LogP contribution in [0.4, 0.5) is 5.95 Å². The van der Waals surface area contributed by atoms with E-state index in [0.29, 0.717) is 22.3 Å². The summed E-state index contributed by atoms with van der Waals surface area (Å²) >= 11 is 6.40. The molecule has 3 heterocycles. The summed E-state index contributed by atoms with van der Waals surface area (Å²) in [6, 6.07) is 20.9. The third-order valence-electron chi connectivity index (χ3n) is 6.49. The van der Waals surface area contributed by atoms with Crippen molar-refractivity contribution in [2.24, 2.45) is 0 Å². The number of fused-ring (bicyclic) bond motifs is 3. The van der Waals surface area contributed by atoms with Gasteiger partial charge in [0.2, 0.25) is 5.95 Å². The summed E-state index contributed by atoms with van der Waals surface area (Å²) in [4.78, 5) is 16.5. The number of rotatable bonds is 3. The van der Waals surface area contributed by atoms with E-state index in [1.807, 2.05) is 47.1 Å². The number of methoxy groups -OCH3 is 1. The van der Waals surface area contributed by atoms with Crippen LogP contribution in [0.25, 0.3) is 5.70 Å². The highest BCUT2D eigenvalue weighted by molar-refractivity contribution is 6.30. The lowest BCUT2D eigenvalue weighted by Crippen LogP contribution is -2.32. The smallest absolute Gasteiger partial charge is 0.337 e. The molecule has 0 spiro atoms. The Hall–Kier alpha value is -4.10. The summed E-state index contributed by atoms with van der Waals surface area (Å²) < 4.78 is 13.4. The Morgan fingerprint density at radius 2 is 1.91 bits per heavy atom. The number of nitrogens with zero attached hydrogens (tertiary/aromatic N) is 3. The van der Waals surface area contributed by atoms with E-state index in [4.69, 9.17) is 21.1 Å². The number of aryl methyl sites for hydroxylation is 1. The molecular formula is C27H21ClN4O3. The Kier molecular flexibility index (Phi) is 5.07. The number of hydrogen-bond donors (Lipinski definition) is 1. The minimum atomic E-state index is -0.445. The van der Waals surface area contributed by atoms with Crippen LogP contribution in [0.3, 0.4) is 0 Å². The molecule has 2 atom stereocenters. The first-order valence-electron chi connectivity index (χ1n) is 11.2. The van der Waals surface area contributed by atoms with Crippen molar-refractivity contribution in [2.45, 2.75) is 19.1 Å². The highest BCUT2D eigenvalue weighted by atomic mass is 35.5. The SMILES string of the molecule is COC(=O)c1ccc([C@@H]2Oc3ccc(Cl)cc3C3=C2[C@H](c2ccccc2C)n2ncnc2N3)cc1. The summed E-state index contributed by atoms with van der Waals surface area (Å²) in [5, 5.41) is 8.65. The number of esters is 1. The number of hydrogen-bond acceptors (Lipinski definition) is 6. The summed E-state index contributed by atoms with van der Waals surface area (Å²) in [5.74, 6) is 0.967. The maximum Gasteiger partial charge on any atom is 0.337 e. The lowest BCUT2D eigenvalue weighted by molar-refractivity contribution is 0.0600. The van der Waals surface area contributed by atoms with Crippen LogP contribution in [0, 0.1) is 6.92 Å². The average Bonchev–Trinajstić information content (AvgIpc) is 3.36. The second kappa shape index (κ2) is 8.29. The van der Waals surface area contributed by atoms with Crippen LogP contribution in [0.2, 0.25) is 5.02 Å². The Labute approximate surface area is 207 Å². The van der Waals surface area contributed by atoms with Crippen molar-refractivity contribution in [1.29, 1.82) is 0 Å². The number of aromatic nitrogens is 3. The van der Waals surface area contributed by atoms with Crippen molar-refractivity contribution in [3.8, 4) is 5.75 Å². The molecule has 6 rings (SSSR count). The molecule has 0 aliphatic carbocycles. The Morgan fingerprint density at radius 3 is 2.69 bits per heavy atom. The number of carbonyl (C=O) groups is 1. The van der Waals surface area contributed by atoms with E-state index in [1.165, 1.54) is 7.11 Å². The minimum Gasteiger partial charge on any atom is -0.480 e. The standard InChI is InChI=1S/C27H21ClN4O3/c1-15-5-3-4-6-19(15)24-22-23(31-27-29-14-30-32(24)27)20-13-18(28)11-12-21(20)35-25(22)16-7-9-17(10-8-16)26(33)34-2/h3-14,24-25H,1-2H3,(H,29,30,31)/t24-,25-/m0/s1. The predicted molar refractivity (Wildman–Crippen MR) is 132 cm³/mol. The number of benzene rings is 3. The number of nitrogens with one attached hydrogen (secondary N) is 1. The lowest BCUT2D eigenvalue weighted by Gasteiger charge is -2.39. The fourth-order valence-corrected chi connectivity index (χ4v) is 4.99. The molecule has 174 valence electrons. The van der Waals surface area contributed by atoms with Gasteiger partial charge in [-0.15, -0.1) is 0 Å². The Morgan fingerprint density at radius 1 is 1.11 bits per heavy atom. The van der Waals surface area contributed by atoms with Gasteiger partial charge in [-0.2, -0.15) is 10.1 Å². The maximum absolute atomic E-state index is 12.0. The first-order chi connectivity index (χ1) is 17.0. The molecule has 0 radical (unpaired) electrons. The monoisotopic (exact) mass is 484 g/mol. The highest BCUT2D eigenvalue weighted by Crippen LogP contribution is 2.51. The molecule has 2 aliphatic heterocycles. The average molecular weight is 485 g/mol. The van der Waals surface area contributed by atoms with E-state index in [0.717, 1.165) is 33.5 Å². The number of anilines is 1. The first-order valence-corrected chi connectivity index (χ1v) is 11.5. The van der Waals surface area contributed by atoms with Gasteiger partial charge in [-0.3, -0.25) is 0 Å². The summed E-state index contributed by atoms with van der Waals surface area (Å²) in [6.45, 7) is 2.09. The topological polar surface area (TPSA) is 78.3 Å². The van der Waals surface area contributed by atoms with E-state index < -0.39 is 6.10 Å². The molecular weight excluding hydrogens is 464 g/mol. The van der Waals surface area contributed by atoms with Gasteiger partial charge in [0, 0.05) is 16.2 Å². The quantitative estimate of drug-likeness (QED) is 0.382. The van der Waals surface area contributed by atoms with Crippen LogP contribution in [0.1, 0.15) is 44.8 Å². The minimum absolute atomic E-state index is 0.262. The van der Waals surface area contributed by atoms with Crippen LogP contribution >= 0.6 is 11.6 Å². The molecule has 7 nitrogen and oxygen atoms in total. The van der Waals surface area contributed by atoms with Crippen molar-refractivity contribution in [3.05, 3.63) is 111 Å². The zero-order chi connectivity index (χ0) is 24.1. The summed E-state index contributed by atoms with van der Waals surface area (Å²) in [5.41, 5.74) is 6.34. The van der Waals surface area contributed by atoms with Gasteiger partial charge >= 0.3 is 5.97 Å². The number of ether oxygens (including phenoxy) is 2. The van der Waals surface area contributed by atoms with Gasteiger partial charge in [0.1, 0.15) is 24.2 Å².